The van der Waals surface area contributed by atoms with Crippen LogP contribution >= 0.6 is 0 Å². The van der Waals surface area contributed by atoms with Crippen LogP contribution in [-0.2, 0) is 21.2 Å². The van der Waals surface area contributed by atoms with Crippen molar-refractivity contribution in [2.45, 2.75) is 66.3 Å². The minimum Gasteiger partial charge on any atom is -0.464 e. The van der Waals surface area contributed by atoms with Crippen LogP contribution in [0.5, 0.6) is 0 Å². The Morgan fingerprint density at radius 2 is 2.04 bits per heavy atom. The number of nitrogens with one attached hydrogen (secondary N) is 1. The molecule has 2 heterocycles. The molecule has 0 radical (unpaired) electrons. The molecular formula is C20H34N2O4S. The van der Waals surface area contributed by atoms with Crippen molar-refractivity contribution in [3.63, 3.8) is 0 Å². The molecule has 154 valence electrons. The molecule has 2 unspecified atom stereocenters. The zero-order chi connectivity index (χ0) is 20.2. The van der Waals surface area contributed by atoms with E-state index in [0.29, 0.717) is 25.8 Å². The highest BCUT2D eigenvalue weighted by Gasteiger charge is 2.36. The van der Waals surface area contributed by atoms with Gasteiger partial charge in [-0.1, -0.05) is 34.6 Å². The molecule has 1 aliphatic rings. The molecule has 1 saturated heterocycles. The predicted octanol–water partition coefficient (Wildman–Crippen LogP) is 3.50. The number of furan rings is 1. The first-order valence-corrected chi connectivity index (χ1v) is 11.6. The van der Waals surface area contributed by atoms with E-state index in [1.165, 1.54) is 4.31 Å². The van der Waals surface area contributed by atoms with Crippen LogP contribution < -0.4 is 5.32 Å². The number of carbonyl (C=O) groups is 1. The Hall–Kier alpha value is -1.34. The highest BCUT2D eigenvalue weighted by atomic mass is 32.2. The Labute approximate surface area is 163 Å². The van der Waals surface area contributed by atoms with Gasteiger partial charge in [-0.2, -0.15) is 0 Å². The number of hydrogen-bond donors (Lipinski definition) is 1. The third-order valence-corrected chi connectivity index (χ3v) is 7.12. The van der Waals surface area contributed by atoms with E-state index in [4.69, 9.17) is 4.42 Å². The molecular weight excluding hydrogens is 364 g/mol. The van der Waals surface area contributed by atoms with Crippen molar-refractivity contribution in [3.8, 4) is 0 Å². The lowest BCUT2D eigenvalue weighted by Crippen LogP contribution is -2.47. The Morgan fingerprint density at radius 1 is 1.33 bits per heavy atom. The molecule has 0 bridgehead atoms. The van der Waals surface area contributed by atoms with Crippen molar-refractivity contribution >= 4 is 15.9 Å². The average molecular weight is 399 g/mol. The Balaban J connectivity index is 2.12. The summed E-state index contributed by atoms with van der Waals surface area (Å²) >= 11 is 0. The normalized spacial score (nSPS) is 20.4. The molecule has 1 amide bonds. The van der Waals surface area contributed by atoms with E-state index in [1.54, 1.807) is 0 Å². The summed E-state index contributed by atoms with van der Waals surface area (Å²) in [4.78, 5) is 13.0. The molecule has 0 spiro atoms. The van der Waals surface area contributed by atoms with E-state index in [2.05, 4.69) is 26.1 Å². The molecule has 27 heavy (non-hydrogen) atoms. The maximum Gasteiger partial charge on any atom is 0.225 e. The van der Waals surface area contributed by atoms with E-state index in [-0.39, 0.29) is 35.6 Å². The maximum atomic E-state index is 13.0. The van der Waals surface area contributed by atoms with Gasteiger partial charge in [-0.05, 0) is 36.8 Å². The van der Waals surface area contributed by atoms with Crippen LogP contribution in [0.1, 0.15) is 71.4 Å². The molecule has 2 rings (SSSR count). The monoisotopic (exact) mass is 398 g/mol. The van der Waals surface area contributed by atoms with E-state index >= 15 is 0 Å². The number of sulfonamides is 1. The molecule has 7 heteroatoms. The fourth-order valence-corrected chi connectivity index (χ4v) is 5.10. The zero-order valence-electron chi connectivity index (χ0n) is 17.2. The van der Waals surface area contributed by atoms with Crippen LogP contribution in [0.15, 0.2) is 16.5 Å². The van der Waals surface area contributed by atoms with Gasteiger partial charge in [0.05, 0.1) is 17.7 Å². The number of carbonyl (C=O) groups excluding carboxylic acids is 1. The van der Waals surface area contributed by atoms with E-state index in [0.717, 1.165) is 17.9 Å². The zero-order valence-corrected chi connectivity index (χ0v) is 18.1. The quantitative estimate of drug-likeness (QED) is 0.762. The summed E-state index contributed by atoms with van der Waals surface area (Å²) in [6.45, 7) is 10.8. The summed E-state index contributed by atoms with van der Waals surface area (Å²) < 4.78 is 32.1. The van der Waals surface area contributed by atoms with Crippen LogP contribution in [0.2, 0.25) is 0 Å². The van der Waals surface area contributed by atoms with Gasteiger partial charge in [0.2, 0.25) is 15.9 Å². The summed E-state index contributed by atoms with van der Waals surface area (Å²) in [5.41, 5.74) is -0.221. The molecule has 1 aliphatic heterocycles. The highest BCUT2D eigenvalue weighted by Crippen LogP contribution is 2.34. The maximum absolute atomic E-state index is 13.0. The van der Waals surface area contributed by atoms with E-state index in [9.17, 15) is 13.2 Å². The molecule has 1 fully saturated rings. The summed E-state index contributed by atoms with van der Waals surface area (Å²) in [6, 6.07) is 3.61. The van der Waals surface area contributed by atoms with Crippen molar-refractivity contribution in [1.82, 2.24) is 9.62 Å². The largest absolute Gasteiger partial charge is 0.464 e. The van der Waals surface area contributed by atoms with Gasteiger partial charge in [0, 0.05) is 19.5 Å². The third-order valence-electron chi connectivity index (χ3n) is 5.08. The average Bonchev–Trinajstić information content (AvgIpc) is 3.07. The fourth-order valence-electron chi connectivity index (χ4n) is 3.51. The Morgan fingerprint density at radius 3 is 2.59 bits per heavy atom. The number of aryl methyl sites for hydroxylation is 1. The van der Waals surface area contributed by atoms with Gasteiger partial charge in [0.15, 0.2) is 0 Å². The first-order chi connectivity index (χ1) is 12.6. The summed E-state index contributed by atoms with van der Waals surface area (Å²) in [5, 5.41) is 3.13. The third kappa shape index (κ3) is 5.57. The number of nitrogens with zero attached hydrogens (tertiary/aromatic N) is 1. The van der Waals surface area contributed by atoms with Crippen LogP contribution in [-0.4, -0.2) is 37.5 Å². The number of hydrogen-bond acceptors (Lipinski definition) is 4. The number of amides is 1. The van der Waals surface area contributed by atoms with Crippen molar-refractivity contribution < 1.29 is 17.6 Å². The second kappa shape index (κ2) is 8.78. The lowest BCUT2D eigenvalue weighted by Gasteiger charge is -2.34. The van der Waals surface area contributed by atoms with Crippen molar-refractivity contribution in [2.75, 3.05) is 18.8 Å². The summed E-state index contributed by atoms with van der Waals surface area (Å²) in [5.74, 6) is 1.36. The Kier molecular flexibility index (Phi) is 7.14. The number of piperidine rings is 1. The van der Waals surface area contributed by atoms with E-state index < -0.39 is 10.0 Å². The van der Waals surface area contributed by atoms with Gasteiger partial charge in [0.25, 0.3) is 0 Å². The molecule has 2 atom stereocenters. The number of rotatable bonds is 7. The lowest BCUT2D eigenvalue weighted by molar-refractivity contribution is -0.127. The predicted molar refractivity (Wildman–Crippen MR) is 107 cm³/mol. The van der Waals surface area contributed by atoms with Gasteiger partial charge in [-0.3, -0.25) is 4.79 Å². The second-order valence-electron chi connectivity index (χ2n) is 8.48. The first-order valence-electron chi connectivity index (χ1n) is 9.95. The van der Waals surface area contributed by atoms with Crippen molar-refractivity contribution in [2.24, 2.45) is 11.3 Å². The molecule has 0 aliphatic carbocycles. The summed E-state index contributed by atoms with van der Waals surface area (Å²) in [6.07, 6.45) is 2.80. The van der Waals surface area contributed by atoms with Crippen molar-refractivity contribution in [1.29, 1.82) is 0 Å². The van der Waals surface area contributed by atoms with Gasteiger partial charge < -0.3 is 9.73 Å². The van der Waals surface area contributed by atoms with Gasteiger partial charge >= 0.3 is 0 Å². The standard InChI is InChI=1S/C20H34N2O4S/c1-6-13-27(24,25)22-12-8-9-15(14-22)19(23)21-18(20(3,4)5)17-11-10-16(7-2)26-17/h10-11,15,18H,6-9,12-14H2,1-5H3,(H,21,23). The first kappa shape index (κ1) is 22.0. The lowest BCUT2D eigenvalue weighted by atomic mass is 9.84. The minimum absolute atomic E-state index is 0.0965. The molecule has 0 saturated carbocycles. The molecule has 6 nitrogen and oxygen atoms in total. The van der Waals surface area contributed by atoms with Gasteiger partial charge in [-0.15, -0.1) is 0 Å². The van der Waals surface area contributed by atoms with Crippen LogP contribution in [0.25, 0.3) is 0 Å². The Bertz CT molecular complexity index is 733. The second-order valence-corrected chi connectivity index (χ2v) is 10.6. The van der Waals surface area contributed by atoms with Crippen LogP contribution in [0.3, 0.4) is 0 Å². The minimum atomic E-state index is -3.27. The summed E-state index contributed by atoms with van der Waals surface area (Å²) in [7, 11) is -3.27. The van der Waals surface area contributed by atoms with Gasteiger partial charge in [0.1, 0.15) is 11.5 Å². The van der Waals surface area contributed by atoms with Crippen LogP contribution in [0, 0.1) is 11.3 Å². The topological polar surface area (TPSA) is 79.6 Å². The SMILES string of the molecule is CCCS(=O)(=O)N1CCCC(C(=O)NC(c2ccc(CC)o2)C(C)(C)C)C1. The smallest absolute Gasteiger partial charge is 0.225 e. The highest BCUT2D eigenvalue weighted by molar-refractivity contribution is 7.89. The van der Waals surface area contributed by atoms with Crippen LogP contribution in [0.4, 0.5) is 0 Å². The molecule has 0 aromatic carbocycles. The molecule has 1 aromatic rings. The molecule has 1 aromatic heterocycles. The van der Waals surface area contributed by atoms with Gasteiger partial charge in [-0.25, -0.2) is 12.7 Å². The fraction of sp³-hybridized carbons (Fsp3) is 0.750. The van der Waals surface area contributed by atoms with E-state index in [1.807, 2.05) is 26.0 Å². The van der Waals surface area contributed by atoms with Crippen molar-refractivity contribution in [3.05, 3.63) is 23.7 Å². The molecule has 1 N–H and O–H groups in total.